The van der Waals surface area contributed by atoms with Crippen molar-refractivity contribution in [2.24, 2.45) is 16.7 Å². The van der Waals surface area contributed by atoms with E-state index in [-0.39, 0.29) is 0 Å². The fourth-order valence-corrected chi connectivity index (χ4v) is 3.45. The smallest absolute Gasteiger partial charge is 0.0346 e. The van der Waals surface area contributed by atoms with Crippen molar-refractivity contribution in [3.05, 3.63) is 42.2 Å². The van der Waals surface area contributed by atoms with Gasteiger partial charge in [0, 0.05) is 24.3 Å². The molecule has 1 aromatic heterocycles. The highest BCUT2D eigenvalue weighted by molar-refractivity contribution is 5.81. The van der Waals surface area contributed by atoms with Gasteiger partial charge in [-0.1, -0.05) is 39.8 Å². The number of aromatic nitrogens is 1. The van der Waals surface area contributed by atoms with Crippen LogP contribution in [-0.4, -0.2) is 11.5 Å². The summed E-state index contributed by atoms with van der Waals surface area (Å²) in [6.07, 6.45) is 3.77. The van der Waals surface area contributed by atoms with E-state index in [0.29, 0.717) is 10.8 Å². The van der Waals surface area contributed by atoms with Crippen LogP contribution in [0.3, 0.4) is 0 Å². The van der Waals surface area contributed by atoms with Gasteiger partial charge in [0.25, 0.3) is 0 Å². The van der Waals surface area contributed by atoms with Crippen LogP contribution in [-0.2, 0) is 6.54 Å². The highest BCUT2D eigenvalue weighted by Gasteiger charge is 2.63. The normalized spacial score (nSPS) is 20.2. The van der Waals surface area contributed by atoms with Crippen molar-refractivity contribution < 1.29 is 0 Å². The second kappa shape index (κ2) is 4.56. The van der Waals surface area contributed by atoms with Crippen molar-refractivity contribution in [2.75, 3.05) is 6.54 Å². The molecule has 0 spiro atoms. The van der Waals surface area contributed by atoms with Gasteiger partial charge in [-0.05, 0) is 46.4 Å². The highest BCUT2D eigenvalue weighted by atomic mass is 14.9. The predicted octanol–water partition coefficient (Wildman–Crippen LogP) is 4.01. The van der Waals surface area contributed by atoms with Crippen LogP contribution < -0.4 is 5.32 Å². The summed E-state index contributed by atoms with van der Waals surface area (Å²) in [4.78, 5) is 4.15. The topological polar surface area (TPSA) is 24.9 Å². The van der Waals surface area contributed by atoms with Crippen LogP contribution in [0.25, 0.3) is 10.8 Å². The Morgan fingerprint density at radius 3 is 2.50 bits per heavy atom. The largest absolute Gasteiger partial charge is 0.312 e. The predicted molar refractivity (Wildman–Crippen MR) is 84.5 cm³/mol. The number of rotatable bonds is 4. The molecule has 0 atom stereocenters. The summed E-state index contributed by atoms with van der Waals surface area (Å²) in [5.41, 5.74) is 2.28. The molecule has 2 heteroatoms. The highest BCUT2D eigenvalue weighted by Crippen LogP contribution is 2.67. The maximum atomic E-state index is 4.15. The van der Waals surface area contributed by atoms with Crippen molar-refractivity contribution in [3.8, 4) is 0 Å². The van der Waals surface area contributed by atoms with E-state index in [9.17, 15) is 0 Å². The Morgan fingerprint density at radius 1 is 1.05 bits per heavy atom. The minimum Gasteiger partial charge on any atom is -0.312 e. The number of fused-ring (bicyclic) bond motifs is 1. The van der Waals surface area contributed by atoms with E-state index in [2.05, 4.69) is 62.3 Å². The molecule has 1 heterocycles. The van der Waals surface area contributed by atoms with Crippen LogP contribution >= 0.6 is 0 Å². The Kier molecular flexibility index (Phi) is 3.09. The molecule has 0 radical (unpaired) electrons. The maximum Gasteiger partial charge on any atom is 0.0346 e. The van der Waals surface area contributed by atoms with Crippen molar-refractivity contribution in [1.29, 1.82) is 0 Å². The van der Waals surface area contributed by atoms with Gasteiger partial charge in [-0.25, -0.2) is 0 Å². The zero-order valence-corrected chi connectivity index (χ0v) is 12.9. The lowest BCUT2D eigenvalue weighted by Crippen LogP contribution is -2.18. The van der Waals surface area contributed by atoms with E-state index >= 15 is 0 Å². The molecule has 1 aliphatic rings. The molecule has 0 aliphatic heterocycles. The number of hydrogen-bond donors (Lipinski definition) is 1. The van der Waals surface area contributed by atoms with Crippen molar-refractivity contribution in [3.63, 3.8) is 0 Å². The fraction of sp³-hybridized carbons (Fsp3) is 0.500. The first kappa shape index (κ1) is 13.6. The summed E-state index contributed by atoms with van der Waals surface area (Å²) in [5, 5.41) is 6.10. The number of nitrogens with zero attached hydrogens (tertiary/aromatic N) is 1. The van der Waals surface area contributed by atoms with Gasteiger partial charge in [-0.3, -0.25) is 4.98 Å². The van der Waals surface area contributed by atoms with Gasteiger partial charge < -0.3 is 5.32 Å². The third kappa shape index (κ3) is 2.12. The Bertz CT molecular complexity index is 614. The van der Waals surface area contributed by atoms with Crippen LogP contribution in [0.4, 0.5) is 0 Å². The Labute approximate surface area is 121 Å². The summed E-state index contributed by atoms with van der Waals surface area (Å²) >= 11 is 0. The van der Waals surface area contributed by atoms with Crippen LogP contribution in [0.1, 0.15) is 33.3 Å². The molecule has 20 heavy (non-hydrogen) atoms. The van der Waals surface area contributed by atoms with Gasteiger partial charge in [0.2, 0.25) is 0 Å². The van der Waals surface area contributed by atoms with Gasteiger partial charge >= 0.3 is 0 Å². The molecule has 0 bridgehead atoms. The molecular formula is C18H24N2. The van der Waals surface area contributed by atoms with Crippen molar-refractivity contribution in [1.82, 2.24) is 10.3 Å². The molecule has 0 saturated heterocycles. The number of pyridine rings is 1. The Morgan fingerprint density at radius 2 is 1.80 bits per heavy atom. The summed E-state index contributed by atoms with van der Waals surface area (Å²) in [6, 6.07) is 8.68. The van der Waals surface area contributed by atoms with E-state index in [4.69, 9.17) is 0 Å². The number of hydrogen-bond acceptors (Lipinski definition) is 2. The van der Waals surface area contributed by atoms with Crippen LogP contribution in [0, 0.1) is 16.7 Å². The quantitative estimate of drug-likeness (QED) is 0.906. The molecular weight excluding hydrogens is 244 g/mol. The van der Waals surface area contributed by atoms with Gasteiger partial charge in [0.1, 0.15) is 0 Å². The van der Waals surface area contributed by atoms with Crippen molar-refractivity contribution in [2.45, 2.75) is 34.2 Å². The average molecular weight is 268 g/mol. The van der Waals surface area contributed by atoms with Gasteiger partial charge in [-0.2, -0.15) is 0 Å². The average Bonchev–Trinajstić information content (AvgIpc) is 2.81. The van der Waals surface area contributed by atoms with Gasteiger partial charge in [0.15, 0.2) is 0 Å². The first-order valence-corrected chi connectivity index (χ1v) is 7.46. The van der Waals surface area contributed by atoms with E-state index in [0.717, 1.165) is 19.0 Å². The molecule has 1 aliphatic carbocycles. The third-order valence-electron chi connectivity index (χ3n) is 5.70. The van der Waals surface area contributed by atoms with Crippen molar-refractivity contribution >= 4 is 10.8 Å². The molecule has 1 saturated carbocycles. The first-order chi connectivity index (χ1) is 9.43. The minimum atomic E-state index is 0.467. The number of nitrogens with one attached hydrogen (secondary N) is 1. The Balaban J connectivity index is 1.61. The molecule has 106 valence electrons. The third-order valence-corrected chi connectivity index (χ3v) is 5.70. The second-order valence-electron chi connectivity index (χ2n) is 7.18. The molecule has 1 aromatic carbocycles. The lowest BCUT2D eigenvalue weighted by molar-refractivity contribution is 0.457. The van der Waals surface area contributed by atoms with Crippen LogP contribution in [0.5, 0.6) is 0 Å². The lowest BCUT2D eigenvalue weighted by Gasteiger charge is -2.07. The molecule has 2 nitrogen and oxygen atoms in total. The number of benzene rings is 1. The summed E-state index contributed by atoms with van der Waals surface area (Å²) in [7, 11) is 0. The molecule has 0 amide bonds. The van der Waals surface area contributed by atoms with Crippen LogP contribution in [0.2, 0.25) is 0 Å². The molecule has 1 fully saturated rings. The maximum absolute atomic E-state index is 4.15. The van der Waals surface area contributed by atoms with Crippen LogP contribution in [0.15, 0.2) is 36.7 Å². The molecule has 2 aromatic rings. The molecule has 1 N–H and O–H groups in total. The lowest BCUT2D eigenvalue weighted by atomic mass is 10.0. The Hall–Kier alpha value is -1.41. The fourth-order valence-electron chi connectivity index (χ4n) is 3.45. The summed E-state index contributed by atoms with van der Waals surface area (Å²) < 4.78 is 0. The second-order valence-corrected chi connectivity index (χ2v) is 7.18. The van der Waals surface area contributed by atoms with E-state index in [1.54, 1.807) is 0 Å². The zero-order valence-electron chi connectivity index (χ0n) is 12.9. The zero-order chi connectivity index (χ0) is 14.4. The SMILES string of the molecule is CC1(C)C(CNCc2ccc3cnccc3c2)C1(C)C. The van der Waals surface area contributed by atoms with E-state index in [1.165, 1.54) is 16.3 Å². The minimum absolute atomic E-state index is 0.467. The van der Waals surface area contributed by atoms with E-state index < -0.39 is 0 Å². The van der Waals surface area contributed by atoms with Gasteiger partial charge in [-0.15, -0.1) is 0 Å². The molecule has 3 rings (SSSR count). The summed E-state index contributed by atoms with van der Waals surface area (Å²) in [6.45, 7) is 11.6. The van der Waals surface area contributed by atoms with Gasteiger partial charge in [0.05, 0.1) is 0 Å². The molecule has 0 unspecified atom stereocenters. The first-order valence-electron chi connectivity index (χ1n) is 7.46. The van der Waals surface area contributed by atoms with E-state index in [1.807, 2.05) is 12.4 Å². The standard InChI is InChI=1S/C18H24N2/c1-17(2)16(18(17,3)4)12-20-10-13-5-6-15-11-19-8-7-14(15)9-13/h5-9,11,16,20H,10,12H2,1-4H3. The monoisotopic (exact) mass is 268 g/mol. The summed E-state index contributed by atoms with van der Waals surface area (Å²) in [5.74, 6) is 0.777.